The van der Waals surface area contributed by atoms with E-state index in [-0.39, 0.29) is 5.91 Å². The molecule has 0 aliphatic heterocycles. The summed E-state index contributed by atoms with van der Waals surface area (Å²) >= 11 is 0. The lowest BCUT2D eigenvalue weighted by molar-refractivity contribution is 0.101. The van der Waals surface area contributed by atoms with Gasteiger partial charge in [0.2, 0.25) is 0 Å². The lowest BCUT2D eigenvalue weighted by atomic mass is 10.1. The normalized spacial score (nSPS) is 11.0. The molecule has 0 radical (unpaired) electrons. The Morgan fingerprint density at radius 3 is 2.62 bits per heavy atom. The molecule has 1 aromatic carbocycles. The summed E-state index contributed by atoms with van der Waals surface area (Å²) in [6.45, 7) is 8.96. The lowest BCUT2D eigenvalue weighted by Gasteiger charge is -2.09. The van der Waals surface area contributed by atoms with Crippen molar-refractivity contribution in [3.63, 3.8) is 0 Å². The fraction of sp³-hybridized carbons (Fsp3) is 0.300. The van der Waals surface area contributed by atoms with Crippen molar-refractivity contribution >= 4 is 22.6 Å². The van der Waals surface area contributed by atoms with E-state index >= 15 is 0 Å². The molecule has 2 aromatic heterocycles. The molecule has 0 aliphatic carbocycles. The highest BCUT2D eigenvalue weighted by Gasteiger charge is 2.20. The van der Waals surface area contributed by atoms with Gasteiger partial charge in [-0.05, 0) is 68.1 Å². The largest absolute Gasteiger partial charge is 0.337 e. The van der Waals surface area contributed by atoms with Crippen molar-refractivity contribution in [1.82, 2.24) is 9.55 Å². The number of amides is 1. The van der Waals surface area contributed by atoms with Crippen LogP contribution in [0.5, 0.6) is 0 Å². The summed E-state index contributed by atoms with van der Waals surface area (Å²) in [5, 5.41) is 4.08. The molecule has 0 atom stereocenters. The van der Waals surface area contributed by atoms with Gasteiger partial charge in [0, 0.05) is 23.6 Å². The van der Waals surface area contributed by atoms with Gasteiger partial charge in [-0.15, -0.1) is 0 Å². The molecule has 4 nitrogen and oxygen atoms in total. The van der Waals surface area contributed by atoms with Gasteiger partial charge < -0.3 is 9.88 Å². The van der Waals surface area contributed by atoms with Crippen LogP contribution in [0.1, 0.15) is 41.0 Å². The maximum absolute atomic E-state index is 12.9. The van der Waals surface area contributed by atoms with E-state index in [1.54, 1.807) is 6.20 Å². The summed E-state index contributed by atoms with van der Waals surface area (Å²) in [5.74, 6) is 0.475. The number of anilines is 1. The Hall–Kier alpha value is -2.62. The molecule has 0 bridgehead atoms. The highest BCUT2D eigenvalue weighted by atomic mass is 16.2. The summed E-state index contributed by atoms with van der Waals surface area (Å²) < 4.78 is 2.08. The van der Waals surface area contributed by atoms with E-state index in [0.717, 1.165) is 35.0 Å². The van der Waals surface area contributed by atoms with Crippen molar-refractivity contribution in [2.45, 2.75) is 40.7 Å². The molecular weight excluding hydrogens is 298 g/mol. The van der Waals surface area contributed by atoms with E-state index in [9.17, 15) is 4.79 Å². The van der Waals surface area contributed by atoms with Crippen molar-refractivity contribution in [2.24, 2.45) is 0 Å². The number of hydrogen-bond donors (Lipinski definition) is 1. The first-order valence-electron chi connectivity index (χ1n) is 8.40. The monoisotopic (exact) mass is 321 g/mol. The second-order valence-corrected chi connectivity index (χ2v) is 6.10. The number of aryl methyl sites for hydroxylation is 4. The van der Waals surface area contributed by atoms with E-state index in [4.69, 9.17) is 0 Å². The number of carbonyl (C=O) groups excluding carboxylic acids is 1. The number of pyridine rings is 1. The standard InChI is InChI=1S/C20H23N3O/c1-5-15-7-8-17-16(12-15)14(4)19(23(17)6-2)20(24)22-18-11-13(3)9-10-21-18/h7-12H,5-6H2,1-4H3,(H,21,22,24). The van der Waals surface area contributed by atoms with Gasteiger partial charge in [-0.25, -0.2) is 4.98 Å². The van der Waals surface area contributed by atoms with Crippen LogP contribution in [0, 0.1) is 13.8 Å². The molecule has 3 rings (SSSR count). The van der Waals surface area contributed by atoms with E-state index in [2.05, 4.69) is 46.9 Å². The predicted molar refractivity (Wildman–Crippen MR) is 98.7 cm³/mol. The van der Waals surface area contributed by atoms with E-state index in [1.165, 1.54) is 5.56 Å². The number of hydrogen-bond acceptors (Lipinski definition) is 2. The second-order valence-electron chi connectivity index (χ2n) is 6.10. The molecule has 0 saturated carbocycles. The highest BCUT2D eigenvalue weighted by molar-refractivity contribution is 6.08. The summed E-state index contributed by atoms with van der Waals surface area (Å²) in [6.07, 6.45) is 2.70. The van der Waals surface area contributed by atoms with Crippen molar-refractivity contribution in [3.05, 3.63) is 58.9 Å². The molecule has 0 fully saturated rings. The van der Waals surface area contributed by atoms with Crippen molar-refractivity contribution < 1.29 is 4.79 Å². The van der Waals surface area contributed by atoms with E-state index in [0.29, 0.717) is 11.5 Å². The Kier molecular flexibility index (Phi) is 4.38. The zero-order valence-electron chi connectivity index (χ0n) is 14.7. The molecule has 0 aliphatic rings. The van der Waals surface area contributed by atoms with Crippen LogP contribution in [-0.4, -0.2) is 15.5 Å². The Morgan fingerprint density at radius 2 is 1.96 bits per heavy atom. The molecular formula is C20H23N3O. The average molecular weight is 321 g/mol. The zero-order valence-corrected chi connectivity index (χ0v) is 14.7. The van der Waals surface area contributed by atoms with Gasteiger partial charge in [0.15, 0.2) is 0 Å². The minimum absolute atomic E-state index is 0.110. The Balaban J connectivity index is 2.07. The molecule has 1 N–H and O–H groups in total. The van der Waals surface area contributed by atoms with E-state index < -0.39 is 0 Å². The number of fused-ring (bicyclic) bond motifs is 1. The first-order valence-corrected chi connectivity index (χ1v) is 8.40. The summed E-state index contributed by atoms with van der Waals surface area (Å²) in [4.78, 5) is 17.1. The maximum Gasteiger partial charge on any atom is 0.273 e. The zero-order chi connectivity index (χ0) is 17.3. The fourth-order valence-electron chi connectivity index (χ4n) is 3.19. The van der Waals surface area contributed by atoms with Crippen LogP contribution < -0.4 is 5.32 Å². The first-order chi connectivity index (χ1) is 11.5. The van der Waals surface area contributed by atoms with Gasteiger partial charge in [0.05, 0.1) is 0 Å². The molecule has 4 heteroatoms. The molecule has 2 heterocycles. The van der Waals surface area contributed by atoms with Crippen molar-refractivity contribution in [3.8, 4) is 0 Å². The molecule has 0 spiro atoms. The smallest absolute Gasteiger partial charge is 0.273 e. The third-order valence-corrected chi connectivity index (χ3v) is 4.48. The summed E-state index contributed by atoms with van der Waals surface area (Å²) in [5.41, 5.74) is 5.19. The van der Waals surface area contributed by atoms with Crippen LogP contribution in [0.15, 0.2) is 36.5 Å². The molecule has 3 aromatic rings. The molecule has 0 saturated heterocycles. The third-order valence-electron chi connectivity index (χ3n) is 4.48. The Bertz CT molecular complexity index is 909. The van der Waals surface area contributed by atoms with Crippen LogP contribution in [0.4, 0.5) is 5.82 Å². The van der Waals surface area contributed by atoms with Crippen LogP contribution in [0.2, 0.25) is 0 Å². The highest BCUT2D eigenvalue weighted by Crippen LogP contribution is 2.27. The number of nitrogens with zero attached hydrogens (tertiary/aromatic N) is 2. The topological polar surface area (TPSA) is 46.9 Å². The quantitative estimate of drug-likeness (QED) is 0.769. The van der Waals surface area contributed by atoms with Crippen LogP contribution in [-0.2, 0) is 13.0 Å². The molecule has 124 valence electrons. The van der Waals surface area contributed by atoms with Crippen LogP contribution in [0.25, 0.3) is 10.9 Å². The molecule has 1 amide bonds. The maximum atomic E-state index is 12.9. The molecule has 24 heavy (non-hydrogen) atoms. The van der Waals surface area contributed by atoms with Gasteiger partial charge in [0.25, 0.3) is 5.91 Å². The minimum Gasteiger partial charge on any atom is -0.337 e. The number of rotatable bonds is 4. The van der Waals surface area contributed by atoms with Gasteiger partial charge >= 0.3 is 0 Å². The van der Waals surface area contributed by atoms with Gasteiger partial charge in [-0.2, -0.15) is 0 Å². The number of carbonyl (C=O) groups is 1. The summed E-state index contributed by atoms with van der Waals surface area (Å²) in [6, 6.07) is 10.2. The fourth-order valence-corrected chi connectivity index (χ4v) is 3.19. The lowest BCUT2D eigenvalue weighted by Crippen LogP contribution is -2.18. The van der Waals surface area contributed by atoms with Crippen molar-refractivity contribution in [1.29, 1.82) is 0 Å². The average Bonchev–Trinajstić information content (AvgIpc) is 2.86. The third kappa shape index (κ3) is 2.80. The first kappa shape index (κ1) is 16.2. The van der Waals surface area contributed by atoms with E-state index in [1.807, 2.05) is 26.0 Å². The van der Waals surface area contributed by atoms with Gasteiger partial charge in [-0.3, -0.25) is 4.79 Å². The predicted octanol–water partition coefficient (Wildman–Crippen LogP) is 4.49. The van der Waals surface area contributed by atoms with Crippen LogP contribution in [0.3, 0.4) is 0 Å². The summed E-state index contributed by atoms with van der Waals surface area (Å²) in [7, 11) is 0. The number of aromatic nitrogens is 2. The SMILES string of the molecule is CCc1ccc2c(c1)c(C)c(C(=O)Nc1cc(C)ccn1)n2CC. The Labute approximate surface area is 142 Å². The Morgan fingerprint density at radius 1 is 1.17 bits per heavy atom. The molecule has 0 unspecified atom stereocenters. The van der Waals surface area contributed by atoms with Crippen molar-refractivity contribution in [2.75, 3.05) is 5.32 Å². The number of nitrogens with one attached hydrogen (secondary N) is 1. The minimum atomic E-state index is -0.110. The van der Waals surface area contributed by atoms with Crippen LogP contribution >= 0.6 is 0 Å². The second kappa shape index (κ2) is 6.48. The van der Waals surface area contributed by atoms with Gasteiger partial charge in [-0.1, -0.05) is 13.0 Å². The van der Waals surface area contributed by atoms with Gasteiger partial charge in [0.1, 0.15) is 11.5 Å². The number of benzene rings is 1.